The normalized spacial score (nSPS) is 11.5. The zero-order valence-electron chi connectivity index (χ0n) is 8.67. The Labute approximate surface area is 93.0 Å². The fourth-order valence-electron chi connectivity index (χ4n) is 1.26. The second-order valence-corrected chi connectivity index (χ2v) is 4.80. The molecule has 0 fully saturated rings. The molecule has 1 N–H and O–H groups in total. The van der Waals surface area contributed by atoms with Gasteiger partial charge in [-0.3, -0.25) is 0 Å². The molecule has 0 amide bonds. The maximum atomic E-state index is 9.67. The molecule has 1 aromatic carbocycles. The van der Waals surface area contributed by atoms with Gasteiger partial charge < -0.3 is 9.84 Å². The monoisotopic (exact) mass is 258 g/mol. The molecule has 0 spiro atoms. The summed E-state index contributed by atoms with van der Waals surface area (Å²) in [6.45, 7) is 3.59. The molecule has 0 atom stereocenters. The molecule has 14 heavy (non-hydrogen) atoms. The molecular formula is C11H15BrO2. The number of aliphatic hydroxyl groups is 1. The zero-order valence-corrected chi connectivity index (χ0v) is 10.3. The molecule has 0 unspecified atom stereocenters. The highest BCUT2D eigenvalue weighted by atomic mass is 79.9. The molecule has 0 aliphatic rings. The van der Waals surface area contributed by atoms with E-state index in [1.807, 2.05) is 18.2 Å². The first-order valence-electron chi connectivity index (χ1n) is 4.47. The van der Waals surface area contributed by atoms with E-state index >= 15 is 0 Å². The smallest absolute Gasteiger partial charge is 0.120 e. The van der Waals surface area contributed by atoms with Gasteiger partial charge in [0, 0.05) is 10.9 Å². The van der Waals surface area contributed by atoms with E-state index in [1.165, 1.54) is 0 Å². The van der Waals surface area contributed by atoms with E-state index in [1.54, 1.807) is 21.0 Å². The van der Waals surface area contributed by atoms with Crippen molar-refractivity contribution in [1.29, 1.82) is 0 Å². The fourth-order valence-corrected chi connectivity index (χ4v) is 1.76. The van der Waals surface area contributed by atoms with Crippen LogP contribution in [0, 0.1) is 0 Å². The second kappa shape index (κ2) is 4.32. The second-order valence-electron chi connectivity index (χ2n) is 3.95. The minimum Gasteiger partial charge on any atom is -0.497 e. The number of rotatable bonds is 3. The van der Waals surface area contributed by atoms with Gasteiger partial charge in [-0.1, -0.05) is 22.0 Å². The average molecular weight is 259 g/mol. The molecule has 0 aliphatic heterocycles. The van der Waals surface area contributed by atoms with Crippen molar-refractivity contribution in [3.05, 3.63) is 28.2 Å². The molecule has 0 bridgehead atoms. The van der Waals surface area contributed by atoms with Crippen molar-refractivity contribution >= 4 is 15.9 Å². The van der Waals surface area contributed by atoms with Crippen LogP contribution in [0.15, 0.2) is 22.7 Å². The van der Waals surface area contributed by atoms with E-state index in [2.05, 4.69) is 15.9 Å². The molecule has 0 aromatic heterocycles. The first-order chi connectivity index (χ1) is 6.42. The number of hydrogen-bond acceptors (Lipinski definition) is 2. The van der Waals surface area contributed by atoms with Crippen LogP contribution in [0.5, 0.6) is 5.75 Å². The van der Waals surface area contributed by atoms with Crippen LogP contribution in [0.1, 0.15) is 19.4 Å². The summed E-state index contributed by atoms with van der Waals surface area (Å²) in [5, 5.41) is 9.67. The van der Waals surface area contributed by atoms with Crippen molar-refractivity contribution in [3.63, 3.8) is 0 Å². The SMILES string of the molecule is COc1ccc(CC(C)(C)O)c(Br)c1. The fraction of sp³-hybridized carbons (Fsp3) is 0.455. The van der Waals surface area contributed by atoms with Crippen LogP contribution in [0.2, 0.25) is 0 Å². The first-order valence-corrected chi connectivity index (χ1v) is 5.26. The number of halogens is 1. The standard InChI is InChI=1S/C11H15BrO2/c1-11(2,13)7-8-4-5-9(14-3)6-10(8)12/h4-6,13H,7H2,1-3H3. The van der Waals surface area contributed by atoms with Crippen LogP contribution >= 0.6 is 15.9 Å². The Kier molecular flexibility index (Phi) is 3.56. The molecule has 0 saturated heterocycles. The molecule has 1 rings (SSSR count). The topological polar surface area (TPSA) is 29.5 Å². The van der Waals surface area contributed by atoms with Gasteiger partial charge in [0.05, 0.1) is 12.7 Å². The number of benzene rings is 1. The van der Waals surface area contributed by atoms with Gasteiger partial charge in [0.15, 0.2) is 0 Å². The Balaban J connectivity index is 2.89. The molecule has 3 heteroatoms. The van der Waals surface area contributed by atoms with Crippen molar-refractivity contribution in [3.8, 4) is 5.75 Å². The third kappa shape index (κ3) is 3.31. The van der Waals surface area contributed by atoms with Crippen LogP contribution in [-0.2, 0) is 6.42 Å². The Hall–Kier alpha value is -0.540. The molecular weight excluding hydrogens is 244 g/mol. The van der Waals surface area contributed by atoms with Crippen LogP contribution in [0.25, 0.3) is 0 Å². The zero-order chi connectivity index (χ0) is 10.8. The Morgan fingerprint density at radius 3 is 2.50 bits per heavy atom. The average Bonchev–Trinajstić information content (AvgIpc) is 2.06. The number of hydrogen-bond donors (Lipinski definition) is 1. The van der Waals surface area contributed by atoms with E-state index in [-0.39, 0.29) is 0 Å². The van der Waals surface area contributed by atoms with Gasteiger partial charge in [0.1, 0.15) is 5.75 Å². The third-order valence-corrected chi connectivity index (χ3v) is 2.62. The minimum absolute atomic E-state index is 0.623. The lowest BCUT2D eigenvalue weighted by molar-refractivity contribution is 0.0808. The lowest BCUT2D eigenvalue weighted by Crippen LogP contribution is -2.22. The molecule has 0 aliphatic carbocycles. The summed E-state index contributed by atoms with van der Waals surface area (Å²) in [6, 6.07) is 5.76. The highest BCUT2D eigenvalue weighted by molar-refractivity contribution is 9.10. The lowest BCUT2D eigenvalue weighted by atomic mass is 9.99. The molecule has 0 radical (unpaired) electrons. The molecule has 0 heterocycles. The van der Waals surface area contributed by atoms with Crippen molar-refractivity contribution in [2.24, 2.45) is 0 Å². The summed E-state index contributed by atoms with van der Waals surface area (Å²) in [4.78, 5) is 0. The molecule has 78 valence electrons. The van der Waals surface area contributed by atoms with E-state index < -0.39 is 5.60 Å². The van der Waals surface area contributed by atoms with Crippen LogP contribution in [0.3, 0.4) is 0 Å². The van der Waals surface area contributed by atoms with E-state index in [0.717, 1.165) is 15.8 Å². The Morgan fingerprint density at radius 2 is 2.07 bits per heavy atom. The number of ether oxygens (including phenoxy) is 1. The predicted octanol–water partition coefficient (Wildman–Crippen LogP) is 2.77. The van der Waals surface area contributed by atoms with Crippen LogP contribution < -0.4 is 4.74 Å². The van der Waals surface area contributed by atoms with Crippen molar-refractivity contribution in [1.82, 2.24) is 0 Å². The van der Waals surface area contributed by atoms with Gasteiger partial charge in [0.25, 0.3) is 0 Å². The lowest BCUT2D eigenvalue weighted by Gasteiger charge is -2.18. The van der Waals surface area contributed by atoms with E-state index in [4.69, 9.17) is 4.74 Å². The van der Waals surface area contributed by atoms with Gasteiger partial charge >= 0.3 is 0 Å². The molecule has 0 saturated carbocycles. The Morgan fingerprint density at radius 1 is 1.43 bits per heavy atom. The van der Waals surface area contributed by atoms with Gasteiger partial charge in [0.2, 0.25) is 0 Å². The summed E-state index contributed by atoms with van der Waals surface area (Å²) in [5.74, 6) is 0.816. The summed E-state index contributed by atoms with van der Waals surface area (Å²) >= 11 is 3.45. The van der Waals surface area contributed by atoms with Crippen LogP contribution in [-0.4, -0.2) is 17.8 Å². The predicted molar refractivity (Wildman–Crippen MR) is 60.7 cm³/mol. The minimum atomic E-state index is -0.683. The summed E-state index contributed by atoms with van der Waals surface area (Å²) in [7, 11) is 1.64. The van der Waals surface area contributed by atoms with Gasteiger partial charge in [-0.15, -0.1) is 0 Å². The van der Waals surface area contributed by atoms with Crippen molar-refractivity contribution in [2.75, 3.05) is 7.11 Å². The maximum Gasteiger partial charge on any atom is 0.120 e. The molecule has 1 aromatic rings. The van der Waals surface area contributed by atoms with Gasteiger partial charge in [-0.25, -0.2) is 0 Å². The van der Waals surface area contributed by atoms with Crippen molar-refractivity contribution < 1.29 is 9.84 Å². The molecule has 2 nitrogen and oxygen atoms in total. The maximum absolute atomic E-state index is 9.67. The first kappa shape index (κ1) is 11.5. The Bertz CT molecular complexity index is 316. The number of methoxy groups -OCH3 is 1. The highest BCUT2D eigenvalue weighted by Gasteiger charge is 2.15. The largest absolute Gasteiger partial charge is 0.497 e. The summed E-state index contributed by atoms with van der Waals surface area (Å²) in [6.07, 6.45) is 0.623. The summed E-state index contributed by atoms with van der Waals surface area (Å²) < 4.78 is 6.06. The van der Waals surface area contributed by atoms with Gasteiger partial charge in [-0.05, 0) is 31.5 Å². The van der Waals surface area contributed by atoms with E-state index in [0.29, 0.717) is 6.42 Å². The summed E-state index contributed by atoms with van der Waals surface area (Å²) in [5.41, 5.74) is 0.398. The highest BCUT2D eigenvalue weighted by Crippen LogP contribution is 2.25. The quantitative estimate of drug-likeness (QED) is 0.904. The van der Waals surface area contributed by atoms with E-state index in [9.17, 15) is 5.11 Å². The van der Waals surface area contributed by atoms with Crippen molar-refractivity contribution in [2.45, 2.75) is 25.9 Å². The van der Waals surface area contributed by atoms with Crippen LogP contribution in [0.4, 0.5) is 0 Å². The third-order valence-electron chi connectivity index (χ3n) is 1.88. The van der Waals surface area contributed by atoms with Gasteiger partial charge in [-0.2, -0.15) is 0 Å².